The van der Waals surface area contributed by atoms with Crippen molar-refractivity contribution in [1.82, 2.24) is 0 Å². The zero-order valence-corrected chi connectivity index (χ0v) is 16.2. The highest BCUT2D eigenvalue weighted by Crippen LogP contribution is 2.33. The van der Waals surface area contributed by atoms with E-state index in [1.807, 2.05) is 49.4 Å². The summed E-state index contributed by atoms with van der Waals surface area (Å²) in [5.41, 5.74) is 1.68. The summed E-state index contributed by atoms with van der Waals surface area (Å²) < 4.78 is 5.95. The molecule has 1 aliphatic carbocycles. The van der Waals surface area contributed by atoms with Crippen LogP contribution in [0.3, 0.4) is 0 Å². The van der Waals surface area contributed by atoms with Gasteiger partial charge in [0.25, 0.3) is 5.91 Å². The summed E-state index contributed by atoms with van der Waals surface area (Å²) in [5, 5.41) is 6.45. The molecular weight excluding hydrogens is 372 g/mol. The maximum absolute atomic E-state index is 12.6. The molecule has 6 heteroatoms. The molecule has 0 radical (unpaired) electrons. The van der Waals surface area contributed by atoms with Crippen molar-refractivity contribution < 1.29 is 14.3 Å². The molecule has 0 bridgehead atoms. The van der Waals surface area contributed by atoms with Crippen LogP contribution in [0.25, 0.3) is 0 Å². The van der Waals surface area contributed by atoms with Crippen LogP contribution in [0.5, 0.6) is 11.5 Å². The molecule has 5 nitrogen and oxygen atoms in total. The van der Waals surface area contributed by atoms with Gasteiger partial charge in [-0.1, -0.05) is 24.3 Å². The Kier molecular flexibility index (Phi) is 5.12. The fraction of sp³-hybridized carbons (Fsp3) is 0.182. The Labute approximate surface area is 167 Å². The van der Waals surface area contributed by atoms with E-state index in [4.69, 9.17) is 4.74 Å². The average Bonchev–Trinajstić information content (AvgIpc) is 3.43. The van der Waals surface area contributed by atoms with Crippen LogP contribution < -0.4 is 15.4 Å². The van der Waals surface area contributed by atoms with Gasteiger partial charge in [-0.25, -0.2) is 0 Å². The van der Waals surface area contributed by atoms with Crippen molar-refractivity contribution >= 4 is 33.8 Å². The van der Waals surface area contributed by atoms with Crippen LogP contribution in [0.15, 0.2) is 60.7 Å². The predicted molar refractivity (Wildman–Crippen MR) is 111 cm³/mol. The van der Waals surface area contributed by atoms with Crippen LogP contribution in [0, 0.1) is 12.8 Å². The maximum Gasteiger partial charge on any atom is 0.265 e. The minimum atomic E-state index is -0.239. The molecule has 1 aromatic heterocycles. The molecular formula is C22H20N2O3S. The molecule has 2 amide bonds. The van der Waals surface area contributed by atoms with Crippen molar-refractivity contribution in [1.29, 1.82) is 0 Å². The van der Waals surface area contributed by atoms with Gasteiger partial charge in [-0.15, -0.1) is 11.3 Å². The zero-order valence-electron chi connectivity index (χ0n) is 15.4. The Hall–Kier alpha value is -3.12. The van der Waals surface area contributed by atoms with Gasteiger partial charge < -0.3 is 15.4 Å². The Morgan fingerprint density at radius 3 is 2.61 bits per heavy atom. The van der Waals surface area contributed by atoms with Gasteiger partial charge in [0.15, 0.2) is 5.75 Å². The third-order valence-corrected chi connectivity index (χ3v) is 5.38. The third kappa shape index (κ3) is 4.40. The number of hydrogen-bond acceptors (Lipinski definition) is 4. The highest BCUT2D eigenvalue weighted by molar-refractivity contribution is 7.18. The first-order valence-corrected chi connectivity index (χ1v) is 9.96. The fourth-order valence-corrected chi connectivity index (χ4v) is 3.55. The fourth-order valence-electron chi connectivity index (χ4n) is 2.74. The number of anilines is 2. The quantitative estimate of drug-likeness (QED) is 0.586. The summed E-state index contributed by atoms with van der Waals surface area (Å²) in [6.45, 7) is 2.00. The number of rotatable bonds is 6. The molecule has 142 valence electrons. The van der Waals surface area contributed by atoms with Gasteiger partial charge in [0.1, 0.15) is 5.75 Å². The number of para-hydroxylation sites is 2. The lowest BCUT2D eigenvalue weighted by molar-refractivity contribution is -0.117. The monoisotopic (exact) mass is 392 g/mol. The molecule has 28 heavy (non-hydrogen) atoms. The van der Waals surface area contributed by atoms with E-state index in [2.05, 4.69) is 10.6 Å². The predicted octanol–water partition coefficient (Wildman–Crippen LogP) is 5.45. The molecule has 0 aliphatic heterocycles. The number of ether oxygens (including phenoxy) is 1. The summed E-state index contributed by atoms with van der Waals surface area (Å²) in [5.74, 6) is 1.20. The van der Waals surface area contributed by atoms with Crippen LogP contribution in [-0.4, -0.2) is 11.8 Å². The number of thiophene rings is 1. The lowest BCUT2D eigenvalue weighted by atomic mass is 10.2. The van der Waals surface area contributed by atoms with Crippen molar-refractivity contribution in [2.24, 2.45) is 5.92 Å². The van der Waals surface area contributed by atoms with E-state index in [1.165, 1.54) is 11.3 Å². The summed E-state index contributed by atoms with van der Waals surface area (Å²) in [6.07, 6.45) is 1.89. The number of hydrogen-bond donors (Lipinski definition) is 2. The summed E-state index contributed by atoms with van der Waals surface area (Å²) >= 11 is 1.26. The smallest absolute Gasteiger partial charge is 0.265 e. The van der Waals surface area contributed by atoms with Crippen molar-refractivity contribution in [3.63, 3.8) is 0 Å². The van der Waals surface area contributed by atoms with Crippen LogP contribution in [0.2, 0.25) is 0 Å². The molecule has 2 aromatic carbocycles. The first-order chi connectivity index (χ1) is 13.6. The topological polar surface area (TPSA) is 67.4 Å². The molecule has 0 atom stereocenters. The van der Waals surface area contributed by atoms with E-state index in [-0.39, 0.29) is 17.7 Å². The van der Waals surface area contributed by atoms with Crippen LogP contribution in [0.4, 0.5) is 10.7 Å². The second-order valence-corrected chi connectivity index (χ2v) is 7.88. The molecule has 4 rings (SSSR count). The highest BCUT2D eigenvalue weighted by atomic mass is 32.1. The Balaban J connectivity index is 1.46. The molecule has 1 saturated carbocycles. The lowest BCUT2D eigenvalue weighted by Crippen LogP contribution is -2.12. The van der Waals surface area contributed by atoms with Crippen LogP contribution in [0.1, 0.15) is 28.1 Å². The summed E-state index contributed by atoms with van der Waals surface area (Å²) in [4.78, 5) is 25.0. The van der Waals surface area contributed by atoms with E-state index in [9.17, 15) is 9.59 Å². The Morgan fingerprint density at radius 1 is 1.00 bits per heavy atom. The summed E-state index contributed by atoms with van der Waals surface area (Å²) in [7, 11) is 0. The van der Waals surface area contributed by atoms with Crippen LogP contribution >= 0.6 is 11.3 Å². The van der Waals surface area contributed by atoms with Crippen molar-refractivity contribution in [3.8, 4) is 11.5 Å². The van der Waals surface area contributed by atoms with Gasteiger partial charge in [0, 0.05) is 5.92 Å². The number of benzene rings is 2. The van der Waals surface area contributed by atoms with Crippen LogP contribution in [-0.2, 0) is 4.79 Å². The van der Waals surface area contributed by atoms with E-state index >= 15 is 0 Å². The minimum Gasteiger partial charge on any atom is -0.455 e. The van der Waals surface area contributed by atoms with Gasteiger partial charge in [-0.05, 0) is 61.7 Å². The second kappa shape index (κ2) is 7.86. The molecule has 1 heterocycles. The van der Waals surface area contributed by atoms with Gasteiger partial charge in [0.2, 0.25) is 5.91 Å². The first-order valence-electron chi connectivity index (χ1n) is 9.14. The number of amides is 2. The molecule has 1 fully saturated rings. The maximum atomic E-state index is 12.6. The van der Waals surface area contributed by atoms with Gasteiger partial charge in [-0.3, -0.25) is 9.59 Å². The highest BCUT2D eigenvalue weighted by Gasteiger charge is 2.29. The second-order valence-electron chi connectivity index (χ2n) is 6.80. The zero-order chi connectivity index (χ0) is 19.5. The number of nitrogens with one attached hydrogen (secondary N) is 2. The van der Waals surface area contributed by atoms with E-state index in [0.717, 1.165) is 18.4 Å². The molecule has 0 unspecified atom stereocenters. The van der Waals surface area contributed by atoms with E-state index in [0.29, 0.717) is 27.1 Å². The molecule has 0 saturated heterocycles. The van der Waals surface area contributed by atoms with Gasteiger partial charge in [0.05, 0.1) is 15.6 Å². The van der Waals surface area contributed by atoms with Gasteiger partial charge in [-0.2, -0.15) is 0 Å². The average molecular weight is 392 g/mol. The Bertz CT molecular complexity index is 1020. The summed E-state index contributed by atoms with van der Waals surface area (Å²) in [6, 6.07) is 18.5. The molecule has 1 aliphatic rings. The van der Waals surface area contributed by atoms with Crippen molar-refractivity contribution in [2.45, 2.75) is 19.8 Å². The Morgan fingerprint density at radius 2 is 1.82 bits per heavy atom. The number of carbonyl (C=O) groups excluding carboxylic acids is 2. The van der Waals surface area contributed by atoms with Crippen molar-refractivity contribution in [2.75, 3.05) is 10.6 Å². The standard InChI is InChI=1S/C22H20N2O3S/c1-14-5-4-6-16(13-14)27-18-8-3-2-7-17(18)23-22(26)19-11-12-20(28-19)24-21(25)15-9-10-15/h2-8,11-13,15H,9-10H2,1H3,(H,23,26)(H,24,25). The SMILES string of the molecule is Cc1cccc(Oc2ccccc2NC(=O)c2ccc(NC(=O)C3CC3)s2)c1. The van der Waals surface area contributed by atoms with E-state index < -0.39 is 0 Å². The van der Waals surface area contributed by atoms with Gasteiger partial charge >= 0.3 is 0 Å². The third-order valence-electron chi connectivity index (χ3n) is 4.38. The largest absolute Gasteiger partial charge is 0.455 e. The number of carbonyl (C=O) groups is 2. The molecule has 0 spiro atoms. The lowest BCUT2D eigenvalue weighted by Gasteiger charge is -2.12. The van der Waals surface area contributed by atoms with E-state index in [1.54, 1.807) is 18.2 Å². The normalized spacial score (nSPS) is 13.0. The molecule has 2 N–H and O–H groups in total. The van der Waals surface area contributed by atoms with Crippen molar-refractivity contribution in [3.05, 3.63) is 71.1 Å². The first kappa shape index (κ1) is 18.3. The number of aryl methyl sites for hydroxylation is 1. The minimum absolute atomic E-state index is 0.0331. The molecule has 3 aromatic rings.